The van der Waals surface area contributed by atoms with Crippen LogP contribution in [-0.4, -0.2) is 36.7 Å². The third-order valence-corrected chi connectivity index (χ3v) is 4.54. The molecule has 4 nitrogen and oxygen atoms in total. The molecule has 1 amide bonds. The van der Waals surface area contributed by atoms with Crippen molar-refractivity contribution in [3.8, 4) is 0 Å². The molecule has 0 radical (unpaired) electrons. The second-order valence-electron chi connectivity index (χ2n) is 7.59. The molecule has 1 aromatic rings. The first-order chi connectivity index (χ1) is 9.99. The van der Waals surface area contributed by atoms with Crippen molar-refractivity contribution in [1.29, 1.82) is 0 Å². The monoisotopic (exact) mass is 326 g/mol. The number of nitrogens with one attached hydrogen (secondary N) is 1. The maximum atomic E-state index is 11.8. The van der Waals surface area contributed by atoms with E-state index in [0.717, 1.165) is 13.1 Å². The second kappa shape index (κ2) is 7.47. The molecule has 5 heteroatoms. The number of hydrogen-bond donors (Lipinski definition) is 1. The number of nitrogens with zero attached hydrogens (tertiary/aromatic N) is 1. The molecule has 0 spiro atoms. The fourth-order valence-corrected chi connectivity index (χ4v) is 2.80. The number of hydrogen-bond acceptors (Lipinski definition) is 4. The van der Waals surface area contributed by atoms with Gasteiger partial charge in [-0.3, -0.25) is 0 Å². The van der Waals surface area contributed by atoms with Crippen molar-refractivity contribution in [3.63, 3.8) is 0 Å². The van der Waals surface area contributed by atoms with Gasteiger partial charge in [-0.1, -0.05) is 20.8 Å². The standard InChI is InChI=1S/C17H30N2O2S/c1-16(2,3)14-9-8-13(22-14)12-18-10-11-19(7)15(20)21-17(4,5)6/h8-9,18H,10-12H2,1-7H3. The molecule has 22 heavy (non-hydrogen) atoms. The number of thiophene rings is 1. The summed E-state index contributed by atoms with van der Waals surface area (Å²) in [5.41, 5.74) is -0.237. The van der Waals surface area contributed by atoms with Gasteiger partial charge < -0.3 is 15.0 Å². The number of carbonyl (C=O) groups is 1. The van der Waals surface area contributed by atoms with E-state index >= 15 is 0 Å². The first-order valence-corrected chi connectivity index (χ1v) is 8.55. The molecule has 126 valence electrons. The third-order valence-electron chi connectivity index (χ3n) is 3.03. The minimum atomic E-state index is -0.445. The smallest absolute Gasteiger partial charge is 0.410 e. The maximum Gasteiger partial charge on any atom is 0.410 e. The van der Waals surface area contributed by atoms with Gasteiger partial charge in [-0.25, -0.2) is 4.79 Å². The highest BCUT2D eigenvalue weighted by Crippen LogP contribution is 2.29. The fraction of sp³-hybridized carbons (Fsp3) is 0.706. The largest absolute Gasteiger partial charge is 0.444 e. The molecular weight excluding hydrogens is 296 g/mol. The highest BCUT2D eigenvalue weighted by atomic mass is 32.1. The molecule has 0 fully saturated rings. The molecule has 0 unspecified atom stereocenters. The van der Waals surface area contributed by atoms with Gasteiger partial charge >= 0.3 is 6.09 Å². The van der Waals surface area contributed by atoms with Crippen LogP contribution >= 0.6 is 11.3 Å². The number of ether oxygens (including phenoxy) is 1. The van der Waals surface area contributed by atoms with Crippen molar-refractivity contribution in [1.82, 2.24) is 10.2 Å². The van der Waals surface area contributed by atoms with Crippen LogP contribution in [-0.2, 0) is 16.7 Å². The van der Waals surface area contributed by atoms with Crippen LogP contribution in [0.4, 0.5) is 4.79 Å². The number of likely N-dealkylation sites (N-methyl/N-ethyl adjacent to an activating group) is 1. The van der Waals surface area contributed by atoms with Crippen molar-refractivity contribution >= 4 is 17.4 Å². The Labute approximate surface area is 138 Å². The predicted molar refractivity (Wildman–Crippen MR) is 93.6 cm³/mol. The zero-order chi connectivity index (χ0) is 17.0. The Balaban J connectivity index is 2.30. The summed E-state index contributed by atoms with van der Waals surface area (Å²) in [7, 11) is 1.76. The zero-order valence-electron chi connectivity index (χ0n) is 14.9. The maximum absolute atomic E-state index is 11.8. The Kier molecular flexibility index (Phi) is 6.44. The second-order valence-corrected chi connectivity index (χ2v) is 8.76. The first kappa shape index (κ1) is 19.0. The van der Waals surface area contributed by atoms with Crippen molar-refractivity contribution < 1.29 is 9.53 Å². The highest BCUT2D eigenvalue weighted by molar-refractivity contribution is 7.12. The summed E-state index contributed by atoms with van der Waals surface area (Å²) in [5, 5.41) is 3.38. The van der Waals surface area contributed by atoms with Crippen LogP contribution in [0.25, 0.3) is 0 Å². The van der Waals surface area contributed by atoms with Crippen LogP contribution in [0, 0.1) is 0 Å². The number of rotatable bonds is 5. The first-order valence-electron chi connectivity index (χ1n) is 7.73. The Morgan fingerprint density at radius 2 is 1.86 bits per heavy atom. The lowest BCUT2D eigenvalue weighted by Gasteiger charge is -2.24. The van der Waals surface area contributed by atoms with Gasteiger partial charge in [-0.05, 0) is 38.3 Å². The Hall–Kier alpha value is -1.07. The van der Waals surface area contributed by atoms with Gasteiger partial charge in [-0.2, -0.15) is 0 Å². The third kappa shape index (κ3) is 6.79. The van der Waals surface area contributed by atoms with Gasteiger partial charge in [0, 0.05) is 36.4 Å². The van der Waals surface area contributed by atoms with Gasteiger partial charge in [0.2, 0.25) is 0 Å². The molecule has 0 bridgehead atoms. The van der Waals surface area contributed by atoms with Crippen LogP contribution in [0.5, 0.6) is 0 Å². The van der Waals surface area contributed by atoms with Crippen LogP contribution in [0.3, 0.4) is 0 Å². The molecule has 0 aliphatic heterocycles. The molecule has 0 saturated carbocycles. The lowest BCUT2D eigenvalue weighted by molar-refractivity contribution is 0.0300. The van der Waals surface area contributed by atoms with E-state index in [1.54, 1.807) is 11.9 Å². The molecule has 0 aliphatic carbocycles. The molecule has 1 N–H and O–H groups in total. The number of amides is 1. The average molecular weight is 327 g/mol. The molecule has 0 aromatic carbocycles. The van der Waals surface area contributed by atoms with Crippen molar-refractivity contribution in [3.05, 3.63) is 21.9 Å². The molecule has 1 aromatic heterocycles. The van der Waals surface area contributed by atoms with Gasteiger partial charge in [0.15, 0.2) is 0 Å². The minimum absolute atomic E-state index is 0.208. The van der Waals surface area contributed by atoms with Crippen LogP contribution in [0.1, 0.15) is 51.3 Å². The van der Waals surface area contributed by atoms with Gasteiger partial charge in [0.25, 0.3) is 0 Å². The topological polar surface area (TPSA) is 41.6 Å². The van der Waals surface area contributed by atoms with E-state index in [1.807, 2.05) is 32.1 Å². The number of carbonyl (C=O) groups excluding carboxylic acids is 1. The van der Waals surface area contributed by atoms with Crippen molar-refractivity contribution in [2.75, 3.05) is 20.1 Å². The summed E-state index contributed by atoms with van der Waals surface area (Å²) in [5.74, 6) is 0. The van der Waals surface area contributed by atoms with Crippen molar-refractivity contribution in [2.24, 2.45) is 0 Å². The van der Waals surface area contributed by atoms with E-state index in [9.17, 15) is 4.79 Å². The van der Waals surface area contributed by atoms with E-state index in [2.05, 4.69) is 38.2 Å². The SMILES string of the molecule is CN(CCNCc1ccc(C(C)(C)C)s1)C(=O)OC(C)(C)C. The Morgan fingerprint density at radius 1 is 1.23 bits per heavy atom. The van der Waals surface area contributed by atoms with E-state index in [-0.39, 0.29) is 11.5 Å². The van der Waals surface area contributed by atoms with Crippen LogP contribution in [0.15, 0.2) is 12.1 Å². The van der Waals surface area contributed by atoms with E-state index in [4.69, 9.17) is 4.74 Å². The molecular formula is C17H30N2O2S. The Bertz CT molecular complexity index is 484. The summed E-state index contributed by atoms with van der Waals surface area (Å²) in [6, 6.07) is 4.38. The highest BCUT2D eigenvalue weighted by Gasteiger charge is 2.19. The lowest BCUT2D eigenvalue weighted by Crippen LogP contribution is -2.37. The van der Waals surface area contributed by atoms with Crippen LogP contribution < -0.4 is 5.32 Å². The summed E-state index contributed by atoms with van der Waals surface area (Å²) in [6.07, 6.45) is -0.277. The lowest BCUT2D eigenvalue weighted by atomic mass is 9.95. The predicted octanol–water partition coefficient (Wildman–Crippen LogP) is 4.00. The van der Waals surface area contributed by atoms with E-state index < -0.39 is 5.60 Å². The summed E-state index contributed by atoms with van der Waals surface area (Å²) in [4.78, 5) is 16.1. The summed E-state index contributed by atoms with van der Waals surface area (Å²) in [6.45, 7) is 14.5. The summed E-state index contributed by atoms with van der Waals surface area (Å²) < 4.78 is 5.32. The molecule has 0 aliphatic rings. The normalized spacial score (nSPS) is 12.3. The Morgan fingerprint density at radius 3 is 2.36 bits per heavy atom. The van der Waals surface area contributed by atoms with E-state index in [1.165, 1.54) is 9.75 Å². The van der Waals surface area contributed by atoms with Gasteiger partial charge in [0.1, 0.15) is 5.60 Å². The fourth-order valence-electron chi connectivity index (χ4n) is 1.77. The van der Waals surface area contributed by atoms with Gasteiger partial charge in [0.05, 0.1) is 0 Å². The van der Waals surface area contributed by atoms with E-state index in [0.29, 0.717) is 6.54 Å². The van der Waals surface area contributed by atoms with Crippen LogP contribution in [0.2, 0.25) is 0 Å². The summed E-state index contributed by atoms with van der Waals surface area (Å²) >= 11 is 1.85. The quantitative estimate of drug-likeness (QED) is 0.832. The van der Waals surface area contributed by atoms with Crippen molar-refractivity contribution in [2.45, 2.75) is 59.1 Å². The average Bonchev–Trinajstić information content (AvgIpc) is 2.80. The molecule has 1 rings (SSSR count). The molecule has 1 heterocycles. The minimum Gasteiger partial charge on any atom is -0.444 e. The molecule has 0 saturated heterocycles. The zero-order valence-corrected chi connectivity index (χ0v) is 15.8. The van der Waals surface area contributed by atoms with Gasteiger partial charge in [-0.15, -0.1) is 11.3 Å². The molecule has 0 atom stereocenters.